The Morgan fingerprint density at radius 2 is 1.58 bits per heavy atom. The maximum absolute atomic E-state index is 15.0. The summed E-state index contributed by atoms with van der Waals surface area (Å²) in [6, 6.07) is 10.7. The van der Waals surface area contributed by atoms with Crippen molar-refractivity contribution >= 4 is 11.5 Å². The smallest absolute Gasteiger partial charge is 0.213 e. The molecule has 0 amide bonds. The minimum atomic E-state index is -0.435. The minimum absolute atomic E-state index is 0.144. The highest BCUT2D eigenvalue weighted by molar-refractivity contribution is 5.75. The number of pyridine rings is 4. The summed E-state index contributed by atoms with van der Waals surface area (Å²) in [6.07, 6.45) is 6.59. The zero-order chi connectivity index (χ0) is 21.8. The Kier molecular flexibility index (Phi) is 5.63. The number of nitrogens with one attached hydrogen (secondary N) is 1. The highest BCUT2D eigenvalue weighted by Gasteiger charge is 2.13. The molecule has 4 rings (SSSR count). The zero-order valence-electron chi connectivity index (χ0n) is 17.1. The van der Waals surface area contributed by atoms with Gasteiger partial charge in [0.05, 0.1) is 12.3 Å². The van der Waals surface area contributed by atoms with Crippen LogP contribution in [0, 0.1) is 26.2 Å². The first-order valence-corrected chi connectivity index (χ1v) is 9.66. The molecule has 7 heteroatoms. The second kappa shape index (κ2) is 8.67. The molecule has 0 aromatic carbocycles. The molecule has 0 spiro atoms. The largest absolute Gasteiger partial charge is 0.364 e. The summed E-state index contributed by atoms with van der Waals surface area (Å²) in [6.45, 7) is 11.6. The van der Waals surface area contributed by atoms with Gasteiger partial charge in [-0.2, -0.15) is 0 Å². The van der Waals surface area contributed by atoms with Gasteiger partial charge in [-0.15, -0.1) is 0 Å². The van der Waals surface area contributed by atoms with Crippen LogP contribution < -0.4 is 5.32 Å². The molecule has 0 fully saturated rings. The molecule has 31 heavy (non-hydrogen) atoms. The Morgan fingerprint density at radius 3 is 2.29 bits per heavy atom. The first-order valence-electron chi connectivity index (χ1n) is 9.66. The second-order valence-electron chi connectivity index (χ2n) is 7.07. The van der Waals surface area contributed by atoms with Gasteiger partial charge < -0.3 is 5.32 Å². The van der Waals surface area contributed by atoms with Crippen LogP contribution in [0.5, 0.6) is 0 Å². The fraction of sp³-hybridized carbons (Fsp3) is 0.125. The van der Waals surface area contributed by atoms with Crippen molar-refractivity contribution in [1.29, 1.82) is 0 Å². The van der Waals surface area contributed by atoms with Crippen LogP contribution in [-0.4, -0.2) is 19.9 Å². The number of halogens is 1. The average molecular weight is 410 g/mol. The van der Waals surface area contributed by atoms with E-state index < -0.39 is 5.82 Å². The van der Waals surface area contributed by atoms with Crippen molar-refractivity contribution in [3.05, 3.63) is 95.4 Å². The third kappa shape index (κ3) is 4.38. The van der Waals surface area contributed by atoms with E-state index in [0.29, 0.717) is 16.9 Å². The van der Waals surface area contributed by atoms with Gasteiger partial charge in [-0.3, -0.25) is 15.0 Å². The lowest BCUT2D eigenvalue weighted by atomic mass is 10.1. The summed E-state index contributed by atoms with van der Waals surface area (Å²) in [4.78, 5) is 20.6. The monoisotopic (exact) mass is 410 g/mol. The van der Waals surface area contributed by atoms with Gasteiger partial charge in [-0.25, -0.2) is 14.2 Å². The maximum atomic E-state index is 15.0. The van der Waals surface area contributed by atoms with Crippen molar-refractivity contribution in [2.75, 3.05) is 5.32 Å². The first kappa shape index (κ1) is 20.1. The van der Waals surface area contributed by atoms with E-state index in [1.54, 1.807) is 43.0 Å². The number of hydrogen-bond donors (Lipinski definition) is 1. The highest BCUT2D eigenvalue weighted by atomic mass is 19.1. The van der Waals surface area contributed by atoms with Gasteiger partial charge in [0.1, 0.15) is 0 Å². The normalized spacial score (nSPS) is 10.5. The van der Waals surface area contributed by atoms with Gasteiger partial charge in [0, 0.05) is 48.3 Å². The molecule has 0 unspecified atom stereocenters. The van der Waals surface area contributed by atoms with E-state index in [2.05, 4.69) is 30.1 Å². The third-order valence-corrected chi connectivity index (χ3v) is 4.77. The van der Waals surface area contributed by atoms with E-state index >= 15 is 4.39 Å². The molecule has 4 aromatic rings. The Balaban J connectivity index is 1.57. The summed E-state index contributed by atoms with van der Waals surface area (Å²) >= 11 is 0. The lowest BCUT2D eigenvalue weighted by Gasteiger charge is -2.11. The fourth-order valence-corrected chi connectivity index (χ4v) is 3.28. The number of nitrogens with zero attached hydrogens (tertiary/aromatic N) is 5. The molecule has 6 nitrogen and oxygen atoms in total. The van der Waals surface area contributed by atoms with E-state index in [4.69, 9.17) is 6.57 Å². The Labute approximate surface area is 179 Å². The van der Waals surface area contributed by atoms with Gasteiger partial charge in [-0.1, -0.05) is 0 Å². The van der Waals surface area contributed by atoms with Gasteiger partial charge >= 0.3 is 0 Å². The van der Waals surface area contributed by atoms with Crippen molar-refractivity contribution < 1.29 is 4.39 Å². The van der Waals surface area contributed by atoms with Crippen LogP contribution in [0.2, 0.25) is 0 Å². The van der Waals surface area contributed by atoms with Crippen LogP contribution in [0.4, 0.5) is 15.9 Å². The van der Waals surface area contributed by atoms with Crippen molar-refractivity contribution in [3.63, 3.8) is 0 Å². The molecule has 0 aliphatic carbocycles. The summed E-state index contributed by atoms with van der Waals surface area (Å²) in [7, 11) is 0. The SMILES string of the molecule is [C-]#[N+]c1cc(CNc2nccc(-c3ccnc(C)c3)c2F)cnc1-c1ccnc(C)c1. The van der Waals surface area contributed by atoms with E-state index in [1.807, 2.05) is 32.0 Å². The third-order valence-electron chi connectivity index (χ3n) is 4.77. The molecular formula is C24H19FN6. The molecule has 0 atom stereocenters. The second-order valence-corrected chi connectivity index (χ2v) is 7.07. The van der Waals surface area contributed by atoms with Crippen LogP contribution in [0.15, 0.2) is 61.2 Å². The Bertz CT molecular complexity index is 1300. The summed E-state index contributed by atoms with van der Waals surface area (Å²) in [5, 5.41) is 3.02. The molecule has 0 aliphatic heterocycles. The predicted molar refractivity (Wildman–Crippen MR) is 118 cm³/mol. The maximum Gasteiger partial charge on any atom is 0.213 e. The molecule has 0 bridgehead atoms. The minimum Gasteiger partial charge on any atom is -0.364 e. The Morgan fingerprint density at radius 1 is 0.903 bits per heavy atom. The summed E-state index contributed by atoms with van der Waals surface area (Å²) in [5.41, 5.74) is 5.48. The number of hydrogen-bond acceptors (Lipinski definition) is 5. The van der Waals surface area contributed by atoms with E-state index in [1.165, 1.54) is 0 Å². The van der Waals surface area contributed by atoms with Crippen LogP contribution in [0.3, 0.4) is 0 Å². The van der Waals surface area contributed by atoms with E-state index in [-0.39, 0.29) is 12.4 Å². The summed E-state index contributed by atoms with van der Waals surface area (Å²) in [5.74, 6) is -0.291. The molecule has 4 aromatic heterocycles. The first-order chi connectivity index (χ1) is 15.0. The molecule has 0 saturated carbocycles. The van der Waals surface area contributed by atoms with Crippen LogP contribution >= 0.6 is 0 Å². The molecule has 1 N–H and O–H groups in total. The quantitative estimate of drug-likeness (QED) is 0.439. The van der Waals surface area contributed by atoms with Crippen molar-refractivity contribution in [2.45, 2.75) is 20.4 Å². The van der Waals surface area contributed by atoms with Crippen molar-refractivity contribution in [1.82, 2.24) is 19.9 Å². The zero-order valence-corrected chi connectivity index (χ0v) is 17.1. The number of anilines is 1. The summed E-state index contributed by atoms with van der Waals surface area (Å²) < 4.78 is 15.0. The lowest BCUT2D eigenvalue weighted by molar-refractivity contribution is 0.628. The standard InChI is InChI=1S/C24H19FN6/c1-15-10-18(4-7-27-15)20-6-9-29-24(22(20)25)31-14-17-12-21(26-3)23(30-13-17)19-5-8-28-16(2)11-19/h4-13H,14H2,1-2H3,(H,29,31). The lowest BCUT2D eigenvalue weighted by Crippen LogP contribution is -2.05. The highest BCUT2D eigenvalue weighted by Crippen LogP contribution is 2.30. The van der Waals surface area contributed by atoms with Crippen molar-refractivity contribution in [3.8, 4) is 22.4 Å². The molecule has 0 radical (unpaired) electrons. The molecule has 4 heterocycles. The van der Waals surface area contributed by atoms with E-state index in [0.717, 1.165) is 28.1 Å². The van der Waals surface area contributed by atoms with Crippen LogP contribution in [0.25, 0.3) is 27.2 Å². The van der Waals surface area contributed by atoms with Gasteiger partial charge in [0.2, 0.25) is 5.69 Å². The van der Waals surface area contributed by atoms with Gasteiger partial charge in [-0.05, 0) is 66.9 Å². The van der Waals surface area contributed by atoms with E-state index in [9.17, 15) is 0 Å². The topological polar surface area (TPSA) is 68.0 Å². The number of rotatable bonds is 5. The molecule has 0 aliphatic rings. The molecule has 0 saturated heterocycles. The van der Waals surface area contributed by atoms with Crippen LogP contribution in [0.1, 0.15) is 17.0 Å². The number of aryl methyl sites for hydroxylation is 2. The number of aromatic nitrogens is 4. The fourth-order valence-electron chi connectivity index (χ4n) is 3.28. The van der Waals surface area contributed by atoms with Gasteiger partial charge in [0.25, 0.3) is 0 Å². The molecular weight excluding hydrogens is 391 g/mol. The Hall–Kier alpha value is -4.18. The molecule has 152 valence electrons. The van der Waals surface area contributed by atoms with Crippen molar-refractivity contribution in [2.24, 2.45) is 0 Å². The average Bonchev–Trinajstić information content (AvgIpc) is 2.78. The predicted octanol–water partition coefficient (Wildman–Crippen LogP) is 5.52. The van der Waals surface area contributed by atoms with Gasteiger partial charge in [0.15, 0.2) is 11.6 Å². The van der Waals surface area contributed by atoms with Crippen LogP contribution in [-0.2, 0) is 6.54 Å².